The Hall–Kier alpha value is -1.60. The van der Waals surface area contributed by atoms with Gasteiger partial charge in [-0.2, -0.15) is 0 Å². The smallest absolute Gasteiger partial charge is 0.305 e. The Morgan fingerprint density at radius 2 is 1.23 bits per heavy atom. The predicted octanol–water partition coefficient (Wildman–Crippen LogP) is 5.18. The lowest BCUT2D eigenvalue weighted by atomic mass is 10.0. The zero-order chi connectivity index (χ0) is 22.1. The summed E-state index contributed by atoms with van der Waals surface area (Å²) in [5.41, 5.74) is 6.15. The van der Waals surface area contributed by atoms with Crippen molar-refractivity contribution >= 4 is 21.7 Å². The molecule has 0 bridgehead atoms. The molecular formula is C23H40N2O4S. The molecule has 7 heteroatoms. The fraction of sp³-hybridized carbons (Fsp3) is 0.696. The highest BCUT2D eigenvalue weighted by Crippen LogP contribution is 2.14. The highest BCUT2D eigenvalue weighted by molar-refractivity contribution is 7.89. The summed E-state index contributed by atoms with van der Waals surface area (Å²) in [5, 5.41) is 0. The number of nitrogens with two attached hydrogens (primary N) is 1. The number of hydrogen-bond donors (Lipinski definition) is 2. The van der Waals surface area contributed by atoms with Gasteiger partial charge in [0.05, 0.1) is 12.0 Å². The summed E-state index contributed by atoms with van der Waals surface area (Å²) in [6, 6.07) is 6.26. The summed E-state index contributed by atoms with van der Waals surface area (Å²) in [4.78, 5) is 11.3. The van der Waals surface area contributed by atoms with Crippen LogP contribution in [0.15, 0.2) is 29.2 Å². The van der Waals surface area contributed by atoms with Crippen molar-refractivity contribution in [3.05, 3.63) is 24.3 Å². The van der Waals surface area contributed by atoms with E-state index in [1.807, 2.05) is 0 Å². The van der Waals surface area contributed by atoms with Crippen molar-refractivity contribution in [2.75, 3.05) is 19.4 Å². The summed E-state index contributed by atoms with van der Waals surface area (Å²) in [6.45, 7) is 0.479. The summed E-state index contributed by atoms with van der Waals surface area (Å²) in [5.74, 6) is -0.102. The molecule has 0 aliphatic carbocycles. The molecule has 0 aliphatic heterocycles. The molecule has 0 amide bonds. The van der Waals surface area contributed by atoms with Gasteiger partial charge >= 0.3 is 5.97 Å². The highest BCUT2D eigenvalue weighted by atomic mass is 32.2. The average molecular weight is 441 g/mol. The minimum absolute atomic E-state index is 0.102. The molecule has 1 rings (SSSR count). The van der Waals surface area contributed by atoms with Crippen molar-refractivity contribution in [2.45, 2.75) is 94.8 Å². The minimum atomic E-state index is -3.43. The number of carbonyl (C=O) groups excluding carboxylic acids is 1. The molecule has 3 N–H and O–H groups in total. The van der Waals surface area contributed by atoms with Crippen molar-refractivity contribution in [1.82, 2.24) is 4.72 Å². The standard InChI is InChI=1S/C23H40N2O4S/c1-29-23(26)15-13-11-9-7-5-3-2-4-6-8-10-12-14-20-25-30(27,28)22-18-16-21(24)17-19-22/h16-19,25H,2-15,20,24H2,1H3. The number of nitrogens with one attached hydrogen (secondary N) is 1. The first-order chi connectivity index (χ1) is 14.5. The SMILES string of the molecule is COC(=O)CCCCCCCCCCCCCCCNS(=O)(=O)c1ccc(N)cc1. The Morgan fingerprint density at radius 1 is 0.800 bits per heavy atom. The largest absolute Gasteiger partial charge is 0.469 e. The third-order valence-electron chi connectivity index (χ3n) is 5.27. The van der Waals surface area contributed by atoms with Crippen LogP contribution in [0.3, 0.4) is 0 Å². The molecule has 0 saturated carbocycles. The van der Waals surface area contributed by atoms with Gasteiger partial charge in [0.15, 0.2) is 0 Å². The molecule has 1 aromatic rings. The Bertz CT molecular complexity index is 675. The van der Waals surface area contributed by atoms with Gasteiger partial charge in [-0.15, -0.1) is 0 Å². The second-order valence-electron chi connectivity index (χ2n) is 7.89. The van der Waals surface area contributed by atoms with Crippen LogP contribution < -0.4 is 10.5 Å². The van der Waals surface area contributed by atoms with E-state index in [0.717, 1.165) is 32.1 Å². The molecule has 0 aliphatic rings. The van der Waals surface area contributed by atoms with E-state index in [2.05, 4.69) is 9.46 Å². The fourth-order valence-corrected chi connectivity index (χ4v) is 4.45. The first-order valence-electron chi connectivity index (χ1n) is 11.4. The number of rotatable bonds is 18. The van der Waals surface area contributed by atoms with Gasteiger partial charge in [0, 0.05) is 18.7 Å². The maximum absolute atomic E-state index is 12.1. The number of esters is 1. The van der Waals surface area contributed by atoms with Crippen LogP contribution in [0.5, 0.6) is 0 Å². The number of unbranched alkanes of at least 4 members (excludes halogenated alkanes) is 12. The molecule has 0 atom stereocenters. The first kappa shape index (κ1) is 26.4. The van der Waals surface area contributed by atoms with Crippen LogP contribution in [0.4, 0.5) is 5.69 Å². The number of ether oxygens (including phenoxy) is 1. The first-order valence-corrected chi connectivity index (χ1v) is 12.9. The number of nitrogen functional groups attached to an aromatic ring is 1. The lowest BCUT2D eigenvalue weighted by Crippen LogP contribution is -2.24. The Labute approximate surface area is 183 Å². The van der Waals surface area contributed by atoms with Gasteiger partial charge in [-0.3, -0.25) is 4.79 Å². The monoisotopic (exact) mass is 440 g/mol. The summed E-state index contributed by atoms with van der Waals surface area (Å²) in [7, 11) is -1.99. The molecular weight excluding hydrogens is 400 g/mol. The lowest BCUT2D eigenvalue weighted by molar-refractivity contribution is -0.140. The van der Waals surface area contributed by atoms with Gasteiger partial charge in [0.2, 0.25) is 10.0 Å². The number of methoxy groups -OCH3 is 1. The van der Waals surface area contributed by atoms with Crippen molar-refractivity contribution in [2.24, 2.45) is 0 Å². The number of hydrogen-bond acceptors (Lipinski definition) is 5. The second kappa shape index (κ2) is 16.1. The van der Waals surface area contributed by atoms with Gasteiger partial charge in [-0.05, 0) is 37.1 Å². The van der Waals surface area contributed by atoms with Crippen molar-refractivity contribution in [3.8, 4) is 0 Å². The van der Waals surface area contributed by atoms with Crippen LogP contribution in [0.25, 0.3) is 0 Å². The molecule has 0 saturated heterocycles. The Morgan fingerprint density at radius 3 is 1.70 bits per heavy atom. The third-order valence-corrected chi connectivity index (χ3v) is 6.74. The summed E-state index contributed by atoms with van der Waals surface area (Å²) in [6.07, 6.45) is 15.8. The van der Waals surface area contributed by atoms with Crippen molar-refractivity contribution in [1.29, 1.82) is 0 Å². The van der Waals surface area contributed by atoms with Crippen LogP contribution in [0.1, 0.15) is 89.9 Å². The van der Waals surface area contributed by atoms with Crippen LogP contribution in [0, 0.1) is 0 Å². The zero-order valence-corrected chi connectivity index (χ0v) is 19.4. The zero-order valence-electron chi connectivity index (χ0n) is 18.5. The maximum atomic E-state index is 12.1. The van der Waals surface area contributed by atoms with Gasteiger partial charge in [0.1, 0.15) is 0 Å². The number of anilines is 1. The normalized spacial score (nSPS) is 11.5. The van der Waals surface area contributed by atoms with Crippen molar-refractivity contribution in [3.63, 3.8) is 0 Å². The van der Waals surface area contributed by atoms with Gasteiger partial charge in [-0.25, -0.2) is 13.1 Å². The molecule has 0 heterocycles. The fourth-order valence-electron chi connectivity index (χ4n) is 3.38. The second-order valence-corrected chi connectivity index (χ2v) is 9.66. The van der Waals surface area contributed by atoms with E-state index in [1.54, 1.807) is 12.1 Å². The van der Waals surface area contributed by atoms with E-state index in [4.69, 9.17) is 5.73 Å². The predicted molar refractivity (Wildman–Crippen MR) is 123 cm³/mol. The van der Waals surface area contributed by atoms with E-state index in [-0.39, 0.29) is 10.9 Å². The minimum Gasteiger partial charge on any atom is -0.469 e. The average Bonchev–Trinajstić information content (AvgIpc) is 2.73. The van der Waals surface area contributed by atoms with Crippen LogP contribution >= 0.6 is 0 Å². The summed E-state index contributed by atoms with van der Waals surface area (Å²) < 4.78 is 31.6. The van der Waals surface area contributed by atoms with Crippen LogP contribution in [-0.4, -0.2) is 28.0 Å². The summed E-state index contributed by atoms with van der Waals surface area (Å²) >= 11 is 0. The quantitative estimate of drug-likeness (QED) is 0.186. The topological polar surface area (TPSA) is 98.5 Å². The molecule has 30 heavy (non-hydrogen) atoms. The number of benzene rings is 1. The molecule has 1 aromatic carbocycles. The van der Waals surface area contributed by atoms with E-state index in [1.165, 1.54) is 70.6 Å². The van der Waals surface area contributed by atoms with Crippen molar-refractivity contribution < 1.29 is 17.9 Å². The molecule has 0 radical (unpaired) electrons. The van der Waals surface area contributed by atoms with Gasteiger partial charge in [0.25, 0.3) is 0 Å². The van der Waals surface area contributed by atoms with E-state index >= 15 is 0 Å². The molecule has 0 spiro atoms. The molecule has 0 aromatic heterocycles. The molecule has 0 fully saturated rings. The lowest BCUT2D eigenvalue weighted by Gasteiger charge is -2.07. The van der Waals surface area contributed by atoms with Crippen LogP contribution in [0.2, 0.25) is 0 Å². The van der Waals surface area contributed by atoms with Gasteiger partial charge in [-0.1, -0.05) is 70.6 Å². The van der Waals surface area contributed by atoms with E-state index in [9.17, 15) is 13.2 Å². The van der Waals surface area contributed by atoms with Gasteiger partial charge < -0.3 is 10.5 Å². The number of sulfonamides is 1. The highest BCUT2D eigenvalue weighted by Gasteiger charge is 2.12. The molecule has 0 unspecified atom stereocenters. The van der Waals surface area contributed by atoms with E-state index < -0.39 is 10.0 Å². The Balaban J connectivity index is 1.86. The molecule has 172 valence electrons. The molecule has 6 nitrogen and oxygen atoms in total. The Kier molecular flexibility index (Phi) is 14.2. The van der Waals surface area contributed by atoms with E-state index in [0.29, 0.717) is 18.7 Å². The maximum Gasteiger partial charge on any atom is 0.305 e. The third kappa shape index (κ3) is 12.9. The number of carbonyl (C=O) groups is 1. The van der Waals surface area contributed by atoms with Crippen LogP contribution in [-0.2, 0) is 19.6 Å².